The maximum Gasteiger partial charge on any atom is 0.335 e. The third-order valence-corrected chi connectivity index (χ3v) is 2.43. The zero-order valence-corrected chi connectivity index (χ0v) is 8.97. The van der Waals surface area contributed by atoms with Gasteiger partial charge in [-0.1, -0.05) is 0 Å². The summed E-state index contributed by atoms with van der Waals surface area (Å²) in [5.41, 5.74) is 6.15. The minimum absolute atomic E-state index is 0.0662. The van der Waals surface area contributed by atoms with Crippen LogP contribution >= 0.6 is 0 Å². The van der Waals surface area contributed by atoms with E-state index in [-0.39, 0.29) is 11.6 Å². The highest BCUT2D eigenvalue weighted by molar-refractivity contribution is 5.58. The Balaban J connectivity index is 2.46. The molecule has 3 heterocycles. The van der Waals surface area contributed by atoms with Gasteiger partial charge in [0.15, 0.2) is 17.2 Å². The number of nitrogens with zero attached hydrogens (tertiary/aromatic N) is 3. The van der Waals surface area contributed by atoms with Crippen LogP contribution in [-0.4, -0.2) is 19.4 Å². The molecule has 0 fully saturated rings. The van der Waals surface area contributed by atoms with Crippen LogP contribution in [0.1, 0.15) is 5.69 Å². The molecule has 0 aliphatic rings. The lowest BCUT2D eigenvalue weighted by Crippen LogP contribution is -2.20. The number of hydrogen-bond donors (Lipinski definition) is 2. The Morgan fingerprint density at radius 1 is 1.47 bits per heavy atom. The number of rotatable bonds is 1. The van der Waals surface area contributed by atoms with Crippen LogP contribution in [-0.2, 0) is 0 Å². The molecule has 0 atom stereocenters. The van der Waals surface area contributed by atoms with Crippen molar-refractivity contribution >= 4 is 11.6 Å². The first-order chi connectivity index (χ1) is 8.16. The number of fused-ring (bicyclic) bond motifs is 1. The number of aromatic amines is 1. The van der Waals surface area contributed by atoms with E-state index in [0.717, 1.165) is 0 Å². The molecule has 3 rings (SSSR count). The molecule has 3 N–H and O–H groups in total. The lowest BCUT2D eigenvalue weighted by Gasteiger charge is -1.97. The van der Waals surface area contributed by atoms with Gasteiger partial charge in [-0.2, -0.15) is 4.98 Å². The zero-order chi connectivity index (χ0) is 12.0. The third-order valence-electron chi connectivity index (χ3n) is 2.43. The first-order valence-electron chi connectivity index (χ1n) is 4.95. The second kappa shape index (κ2) is 3.21. The Morgan fingerprint density at radius 2 is 2.29 bits per heavy atom. The van der Waals surface area contributed by atoms with Crippen molar-refractivity contribution in [1.82, 2.24) is 19.4 Å². The Bertz CT molecular complexity index is 738. The molecule has 3 aromatic rings. The number of nitrogens with one attached hydrogen (secondary N) is 1. The van der Waals surface area contributed by atoms with Crippen molar-refractivity contribution in [2.24, 2.45) is 0 Å². The molecule has 0 saturated carbocycles. The zero-order valence-electron chi connectivity index (χ0n) is 8.97. The van der Waals surface area contributed by atoms with Crippen molar-refractivity contribution in [3.8, 4) is 11.6 Å². The number of aromatic nitrogens is 4. The number of anilines is 1. The van der Waals surface area contributed by atoms with Gasteiger partial charge in [-0.3, -0.25) is 4.98 Å². The average Bonchev–Trinajstić information content (AvgIpc) is 2.86. The van der Waals surface area contributed by atoms with E-state index in [4.69, 9.17) is 10.2 Å². The van der Waals surface area contributed by atoms with E-state index < -0.39 is 0 Å². The quantitative estimate of drug-likeness (QED) is 0.637. The lowest BCUT2D eigenvalue weighted by molar-refractivity contribution is 0.576. The number of imidazole rings is 1. The Hall–Kier alpha value is -2.57. The van der Waals surface area contributed by atoms with Gasteiger partial charge < -0.3 is 10.2 Å². The van der Waals surface area contributed by atoms with Crippen molar-refractivity contribution in [2.75, 3.05) is 5.73 Å². The molecule has 86 valence electrons. The van der Waals surface area contributed by atoms with Gasteiger partial charge in [0.1, 0.15) is 0 Å². The topological polar surface area (TPSA) is 102 Å². The lowest BCUT2D eigenvalue weighted by atomic mass is 10.4. The molecular weight excluding hydrogens is 222 g/mol. The number of nitrogen functional groups attached to an aromatic ring is 1. The van der Waals surface area contributed by atoms with E-state index in [9.17, 15) is 4.79 Å². The van der Waals surface area contributed by atoms with Crippen molar-refractivity contribution in [1.29, 1.82) is 0 Å². The normalized spacial score (nSPS) is 11.1. The predicted molar refractivity (Wildman–Crippen MR) is 60.5 cm³/mol. The molecule has 0 unspecified atom stereocenters. The summed E-state index contributed by atoms with van der Waals surface area (Å²) in [6, 6.07) is 3.45. The van der Waals surface area contributed by atoms with Gasteiger partial charge in [0.25, 0.3) is 0 Å². The van der Waals surface area contributed by atoms with Crippen LogP contribution in [0.3, 0.4) is 0 Å². The molecular formula is C10H9N5O2. The molecule has 7 nitrogen and oxygen atoms in total. The van der Waals surface area contributed by atoms with E-state index in [1.54, 1.807) is 19.1 Å². The Kier molecular flexibility index (Phi) is 1.82. The molecule has 0 spiro atoms. The number of hydrogen-bond acceptors (Lipinski definition) is 5. The fourth-order valence-corrected chi connectivity index (χ4v) is 1.72. The van der Waals surface area contributed by atoms with E-state index in [1.165, 1.54) is 10.7 Å². The molecule has 0 aromatic carbocycles. The van der Waals surface area contributed by atoms with E-state index in [1.807, 2.05) is 0 Å². The van der Waals surface area contributed by atoms with Crippen LogP contribution in [0.4, 0.5) is 5.95 Å². The average molecular weight is 231 g/mol. The maximum atomic E-state index is 11.8. The third kappa shape index (κ3) is 1.32. The van der Waals surface area contributed by atoms with Crippen LogP contribution in [0.2, 0.25) is 0 Å². The summed E-state index contributed by atoms with van der Waals surface area (Å²) < 4.78 is 6.57. The first kappa shape index (κ1) is 9.64. The molecule has 0 aliphatic carbocycles. The molecule has 0 aliphatic heterocycles. The summed E-state index contributed by atoms with van der Waals surface area (Å²) in [6.45, 7) is 1.76. The SMILES string of the molecule is Cc1nc(-c2ccco2)n2c(=O)[nH]c(N)nc12. The smallest absolute Gasteiger partial charge is 0.335 e. The summed E-state index contributed by atoms with van der Waals surface area (Å²) in [4.78, 5) is 22.6. The van der Waals surface area contributed by atoms with Crippen LogP contribution in [0.5, 0.6) is 0 Å². The number of aryl methyl sites for hydroxylation is 1. The summed E-state index contributed by atoms with van der Waals surface area (Å²) in [5, 5.41) is 0. The molecule has 7 heteroatoms. The Morgan fingerprint density at radius 3 is 3.00 bits per heavy atom. The second-order valence-corrected chi connectivity index (χ2v) is 3.58. The summed E-state index contributed by atoms with van der Waals surface area (Å²) in [6.07, 6.45) is 1.52. The highest BCUT2D eigenvalue weighted by Gasteiger charge is 2.15. The highest BCUT2D eigenvalue weighted by Crippen LogP contribution is 2.20. The molecule has 0 bridgehead atoms. The largest absolute Gasteiger partial charge is 0.461 e. The second-order valence-electron chi connectivity index (χ2n) is 3.58. The summed E-state index contributed by atoms with van der Waals surface area (Å²) in [7, 11) is 0. The van der Waals surface area contributed by atoms with Gasteiger partial charge in [0.05, 0.1) is 12.0 Å². The van der Waals surface area contributed by atoms with Gasteiger partial charge in [-0.25, -0.2) is 14.2 Å². The fraction of sp³-hybridized carbons (Fsp3) is 0.100. The van der Waals surface area contributed by atoms with Gasteiger partial charge in [-0.15, -0.1) is 0 Å². The van der Waals surface area contributed by atoms with E-state index in [0.29, 0.717) is 22.9 Å². The van der Waals surface area contributed by atoms with Crippen LogP contribution in [0, 0.1) is 6.92 Å². The van der Waals surface area contributed by atoms with Gasteiger partial charge in [0.2, 0.25) is 5.95 Å². The van der Waals surface area contributed by atoms with Crippen molar-refractivity contribution in [3.05, 3.63) is 34.6 Å². The molecule has 17 heavy (non-hydrogen) atoms. The minimum atomic E-state index is -0.389. The first-order valence-corrected chi connectivity index (χ1v) is 4.95. The maximum absolute atomic E-state index is 11.8. The number of H-pyrrole nitrogens is 1. The summed E-state index contributed by atoms with van der Waals surface area (Å²) in [5.74, 6) is 0.984. The molecule has 0 radical (unpaired) electrons. The number of nitrogens with two attached hydrogens (primary N) is 1. The minimum Gasteiger partial charge on any atom is -0.461 e. The van der Waals surface area contributed by atoms with Gasteiger partial charge in [-0.05, 0) is 19.1 Å². The van der Waals surface area contributed by atoms with E-state index >= 15 is 0 Å². The van der Waals surface area contributed by atoms with Crippen LogP contribution < -0.4 is 11.4 Å². The predicted octanol–water partition coefficient (Wildman–Crippen LogP) is 0.568. The highest BCUT2D eigenvalue weighted by atomic mass is 16.3. The van der Waals surface area contributed by atoms with E-state index in [2.05, 4.69) is 15.0 Å². The van der Waals surface area contributed by atoms with Crippen molar-refractivity contribution in [3.63, 3.8) is 0 Å². The van der Waals surface area contributed by atoms with Crippen LogP contribution in [0.15, 0.2) is 27.6 Å². The standard InChI is InChI=1S/C10H9N5O2/c1-5-7-13-9(11)14-10(16)15(7)8(12-5)6-3-2-4-17-6/h2-4H,1H3,(H3,11,13,14,16). The Labute approximate surface area is 94.9 Å². The fourth-order valence-electron chi connectivity index (χ4n) is 1.72. The summed E-state index contributed by atoms with van der Waals surface area (Å²) >= 11 is 0. The van der Waals surface area contributed by atoms with Crippen molar-refractivity contribution < 1.29 is 4.42 Å². The number of furan rings is 1. The molecule has 0 amide bonds. The molecule has 0 saturated heterocycles. The van der Waals surface area contributed by atoms with Gasteiger partial charge >= 0.3 is 5.69 Å². The van der Waals surface area contributed by atoms with Gasteiger partial charge in [0, 0.05) is 0 Å². The van der Waals surface area contributed by atoms with Crippen LogP contribution in [0.25, 0.3) is 17.2 Å². The monoisotopic (exact) mass is 231 g/mol. The van der Waals surface area contributed by atoms with Crippen molar-refractivity contribution in [2.45, 2.75) is 6.92 Å². The molecule has 3 aromatic heterocycles.